The molecule has 0 saturated heterocycles. The Morgan fingerprint density at radius 3 is 2.39 bits per heavy atom. The monoisotopic (exact) mass is 248 g/mol. The smallest absolute Gasteiger partial charge is 0.0398 e. The van der Waals surface area contributed by atoms with Crippen LogP contribution < -0.4 is 10.2 Å². The fourth-order valence-electron chi connectivity index (χ4n) is 2.68. The number of benzene rings is 1. The van der Waals surface area contributed by atoms with Crippen LogP contribution >= 0.6 is 0 Å². The minimum atomic E-state index is 0.560. The van der Waals surface area contributed by atoms with Gasteiger partial charge < -0.3 is 10.2 Å². The topological polar surface area (TPSA) is 15.3 Å². The lowest BCUT2D eigenvalue weighted by atomic mass is 10.1. The van der Waals surface area contributed by atoms with Gasteiger partial charge in [0, 0.05) is 24.3 Å². The van der Waals surface area contributed by atoms with Crippen molar-refractivity contribution >= 4 is 5.69 Å². The van der Waals surface area contributed by atoms with E-state index in [9.17, 15) is 0 Å². The van der Waals surface area contributed by atoms with Gasteiger partial charge in [-0.15, -0.1) is 0 Å². The fourth-order valence-corrected chi connectivity index (χ4v) is 2.68. The molecule has 2 unspecified atom stereocenters. The van der Waals surface area contributed by atoms with Crippen molar-refractivity contribution < 1.29 is 0 Å². The van der Waals surface area contributed by atoms with Gasteiger partial charge in [-0.2, -0.15) is 0 Å². The Morgan fingerprint density at radius 1 is 1.17 bits per heavy atom. The lowest BCUT2D eigenvalue weighted by Gasteiger charge is -2.33. The van der Waals surface area contributed by atoms with Crippen molar-refractivity contribution in [3.63, 3.8) is 0 Å². The summed E-state index contributed by atoms with van der Waals surface area (Å²) in [7, 11) is 0. The Morgan fingerprint density at radius 2 is 1.83 bits per heavy atom. The van der Waals surface area contributed by atoms with E-state index in [1.807, 2.05) is 0 Å². The average molecular weight is 248 g/mol. The number of hydrogen-bond acceptors (Lipinski definition) is 2. The largest absolute Gasteiger partial charge is 0.369 e. The molecule has 0 amide bonds. The van der Waals surface area contributed by atoms with Crippen LogP contribution in [0.2, 0.25) is 0 Å². The zero-order valence-corrected chi connectivity index (χ0v) is 12.5. The first-order chi connectivity index (χ1) is 8.60. The van der Waals surface area contributed by atoms with Gasteiger partial charge in [0.25, 0.3) is 0 Å². The lowest BCUT2D eigenvalue weighted by Crippen LogP contribution is -2.39. The quantitative estimate of drug-likeness (QED) is 0.793. The highest BCUT2D eigenvalue weighted by atomic mass is 15.2. The van der Waals surface area contributed by atoms with E-state index in [0.717, 1.165) is 13.1 Å². The summed E-state index contributed by atoms with van der Waals surface area (Å²) in [5.74, 6) is 0. The molecule has 0 fully saturated rings. The highest BCUT2D eigenvalue weighted by molar-refractivity contribution is 5.53. The van der Waals surface area contributed by atoms with Gasteiger partial charge in [-0.3, -0.25) is 0 Å². The first kappa shape index (κ1) is 15.0. The van der Waals surface area contributed by atoms with Crippen molar-refractivity contribution in [2.24, 2.45) is 0 Å². The molecule has 1 N–H and O–H groups in total. The maximum Gasteiger partial charge on any atom is 0.0398 e. The molecule has 0 spiro atoms. The molecule has 0 aliphatic rings. The lowest BCUT2D eigenvalue weighted by molar-refractivity contribution is 0.470. The number of nitrogens with one attached hydrogen (secondary N) is 1. The fraction of sp³-hybridized carbons (Fsp3) is 0.625. The van der Waals surface area contributed by atoms with E-state index < -0.39 is 0 Å². The van der Waals surface area contributed by atoms with Crippen molar-refractivity contribution in [3.8, 4) is 0 Å². The Bertz CT molecular complexity index is 349. The molecule has 0 saturated carbocycles. The molecule has 0 bridgehead atoms. The van der Waals surface area contributed by atoms with Crippen LogP contribution in [0.4, 0.5) is 5.69 Å². The van der Waals surface area contributed by atoms with E-state index in [0.29, 0.717) is 12.1 Å². The second kappa shape index (κ2) is 7.42. The zero-order valence-electron chi connectivity index (χ0n) is 12.5. The van der Waals surface area contributed by atoms with Gasteiger partial charge >= 0.3 is 0 Å². The molecule has 2 nitrogen and oxygen atoms in total. The van der Waals surface area contributed by atoms with Crippen LogP contribution in [0, 0.1) is 6.92 Å². The van der Waals surface area contributed by atoms with Crippen LogP contribution in [-0.2, 0) is 0 Å². The van der Waals surface area contributed by atoms with E-state index >= 15 is 0 Å². The van der Waals surface area contributed by atoms with E-state index in [2.05, 4.69) is 69.1 Å². The van der Waals surface area contributed by atoms with Crippen molar-refractivity contribution in [2.45, 2.75) is 53.1 Å². The summed E-state index contributed by atoms with van der Waals surface area (Å²) in [5, 5.41) is 3.49. The summed E-state index contributed by atoms with van der Waals surface area (Å²) < 4.78 is 0. The van der Waals surface area contributed by atoms with Gasteiger partial charge in [0.1, 0.15) is 0 Å². The first-order valence-corrected chi connectivity index (χ1v) is 7.15. The highest BCUT2D eigenvalue weighted by Gasteiger charge is 2.16. The summed E-state index contributed by atoms with van der Waals surface area (Å²) in [6.07, 6.45) is 1.18. The SMILES string of the molecule is CCNC(C)CC(C)N(CC)c1ccccc1C. The molecular weight excluding hydrogens is 220 g/mol. The Kier molecular flexibility index (Phi) is 6.20. The van der Waals surface area contributed by atoms with Crippen molar-refractivity contribution in [1.29, 1.82) is 0 Å². The molecule has 0 aliphatic heterocycles. The van der Waals surface area contributed by atoms with Gasteiger partial charge in [0.05, 0.1) is 0 Å². The number of aryl methyl sites for hydroxylation is 1. The van der Waals surface area contributed by atoms with Crippen LogP contribution in [0.25, 0.3) is 0 Å². The highest BCUT2D eigenvalue weighted by Crippen LogP contribution is 2.23. The van der Waals surface area contributed by atoms with Crippen molar-refractivity contribution in [3.05, 3.63) is 29.8 Å². The molecule has 0 aliphatic carbocycles. The summed E-state index contributed by atoms with van der Waals surface area (Å²) in [4.78, 5) is 2.50. The molecule has 102 valence electrons. The van der Waals surface area contributed by atoms with Crippen LogP contribution in [0.5, 0.6) is 0 Å². The third-order valence-corrected chi connectivity index (χ3v) is 3.54. The molecule has 2 heteroatoms. The van der Waals surface area contributed by atoms with Crippen LogP contribution in [0.1, 0.15) is 39.7 Å². The first-order valence-electron chi connectivity index (χ1n) is 7.15. The molecule has 18 heavy (non-hydrogen) atoms. The molecule has 2 atom stereocenters. The summed E-state index contributed by atoms with van der Waals surface area (Å²) in [6.45, 7) is 13.3. The Balaban J connectivity index is 2.74. The molecule has 1 aromatic carbocycles. The van der Waals surface area contributed by atoms with Gasteiger partial charge in [0.15, 0.2) is 0 Å². The minimum absolute atomic E-state index is 0.560. The van der Waals surface area contributed by atoms with Crippen molar-refractivity contribution in [1.82, 2.24) is 5.32 Å². The second-order valence-corrected chi connectivity index (χ2v) is 5.12. The van der Waals surface area contributed by atoms with Crippen LogP contribution in [0.15, 0.2) is 24.3 Å². The van der Waals surface area contributed by atoms with Gasteiger partial charge in [-0.25, -0.2) is 0 Å². The third-order valence-electron chi connectivity index (χ3n) is 3.54. The zero-order chi connectivity index (χ0) is 13.5. The van der Waals surface area contributed by atoms with Crippen LogP contribution in [-0.4, -0.2) is 25.2 Å². The predicted octanol–water partition coefficient (Wildman–Crippen LogP) is 3.60. The van der Waals surface area contributed by atoms with Gasteiger partial charge in [-0.1, -0.05) is 25.1 Å². The molecule has 1 aromatic rings. The summed E-state index contributed by atoms with van der Waals surface area (Å²) in [5.41, 5.74) is 2.73. The van der Waals surface area contributed by atoms with Gasteiger partial charge in [-0.05, 0) is 52.3 Å². The minimum Gasteiger partial charge on any atom is -0.369 e. The number of nitrogens with zero attached hydrogens (tertiary/aromatic N) is 1. The summed E-state index contributed by atoms with van der Waals surface area (Å²) >= 11 is 0. The van der Waals surface area contributed by atoms with E-state index in [1.165, 1.54) is 17.7 Å². The molecule has 0 heterocycles. The summed E-state index contributed by atoms with van der Waals surface area (Å²) in [6, 6.07) is 9.80. The maximum atomic E-state index is 3.49. The van der Waals surface area contributed by atoms with Crippen molar-refractivity contribution in [2.75, 3.05) is 18.0 Å². The van der Waals surface area contributed by atoms with E-state index in [1.54, 1.807) is 0 Å². The Hall–Kier alpha value is -1.02. The number of hydrogen-bond donors (Lipinski definition) is 1. The van der Waals surface area contributed by atoms with Crippen LogP contribution in [0.3, 0.4) is 0 Å². The second-order valence-electron chi connectivity index (χ2n) is 5.12. The van der Waals surface area contributed by atoms with E-state index in [4.69, 9.17) is 0 Å². The number of rotatable bonds is 7. The van der Waals surface area contributed by atoms with E-state index in [-0.39, 0.29) is 0 Å². The molecule has 0 radical (unpaired) electrons. The molecule has 0 aromatic heterocycles. The number of para-hydroxylation sites is 1. The third kappa shape index (κ3) is 4.02. The molecular formula is C16H28N2. The normalized spacial score (nSPS) is 14.3. The van der Waals surface area contributed by atoms with Gasteiger partial charge in [0.2, 0.25) is 0 Å². The standard InChI is InChI=1S/C16H28N2/c1-6-17-14(4)12-15(5)18(7-2)16-11-9-8-10-13(16)3/h8-11,14-15,17H,6-7,12H2,1-5H3. The maximum absolute atomic E-state index is 3.49. The Labute approximate surface area is 112 Å². The average Bonchev–Trinajstić information content (AvgIpc) is 2.32. The predicted molar refractivity (Wildman–Crippen MR) is 81.4 cm³/mol. The number of anilines is 1. The molecule has 1 rings (SSSR count).